The second kappa shape index (κ2) is 12.8. The van der Waals surface area contributed by atoms with E-state index in [1.807, 2.05) is 97.1 Å². The van der Waals surface area contributed by atoms with E-state index in [1.165, 1.54) is 0 Å². The fourth-order valence-electron chi connectivity index (χ4n) is 3.69. The lowest BCUT2D eigenvalue weighted by Crippen LogP contribution is -1.92. The van der Waals surface area contributed by atoms with Gasteiger partial charge in [0.05, 0.1) is 28.4 Å². The van der Waals surface area contributed by atoms with Gasteiger partial charge in [0.1, 0.15) is 23.0 Å². The molecule has 4 nitrogen and oxygen atoms in total. The summed E-state index contributed by atoms with van der Waals surface area (Å²) in [6, 6.07) is 31.0. The van der Waals surface area contributed by atoms with Crippen LogP contribution < -0.4 is 18.9 Å². The minimum Gasteiger partial charge on any atom is -0.497 e. The Hall–Kier alpha value is -5.06. The molecule has 0 aliphatic rings. The zero-order valence-corrected chi connectivity index (χ0v) is 21.9. The van der Waals surface area contributed by atoms with Crippen molar-refractivity contribution in [2.75, 3.05) is 28.4 Å². The molecule has 0 fully saturated rings. The lowest BCUT2D eigenvalue weighted by molar-refractivity contribution is 0.414. The Bertz CT molecular complexity index is 1390. The topological polar surface area (TPSA) is 36.9 Å². The van der Waals surface area contributed by atoms with Gasteiger partial charge in [-0.2, -0.15) is 0 Å². The minimum atomic E-state index is 0.770. The molecule has 0 aromatic heterocycles. The average Bonchev–Trinajstić information content (AvgIpc) is 2.99. The summed E-state index contributed by atoms with van der Waals surface area (Å²) in [6.45, 7) is 0. The number of benzene rings is 4. The van der Waals surface area contributed by atoms with Gasteiger partial charge in [-0.05, 0) is 83.9 Å². The van der Waals surface area contributed by atoms with Crippen molar-refractivity contribution in [2.24, 2.45) is 0 Å². The molecule has 4 rings (SSSR count). The highest BCUT2D eigenvalue weighted by Gasteiger charge is 2.10. The highest BCUT2D eigenvalue weighted by molar-refractivity contribution is 6.04. The van der Waals surface area contributed by atoms with Crippen LogP contribution in [0.3, 0.4) is 0 Å². The number of rotatable bonds is 6. The van der Waals surface area contributed by atoms with Gasteiger partial charge in [-0.1, -0.05) is 47.9 Å². The van der Waals surface area contributed by atoms with Gasteiger partial charge in [-0.25, -0.2) is 0 Å². The quantitative estimate of drug-likeness (QED) is 0.217. The number of methoxy groups -OCH3 is 4. The van der Waals surface area contributed by atoms with Gasteiger partial charge in [0, 0.05) is 22.3 Å². The maximum Gasteiger partial charge on any atom is 0.118 e. The van der Waals surface area contributed by atoms with Crippen LogP contribution in [0.4, 0.5) is 0 Å². The molecular weight excluding hydrogens is 472 g/mol. The van der Waals surface area contributed by atoms with Gasteiger partial charge in [0.25, 0.3) is 0 Å². The molecule has 0 aliphatic heterocycles. The molecule has 188 valence electrons. The molecule has 38 heavy (non-hydrogen) atoms. The monoisotopic (exact) mass is 500 g/mol. The molecule has 0 amide bonds. The Morgan fingerprint density at radius 2 is 0.658 bits per heavy atom. The van der Waals surface area contributed by atoms with Crippen LogP contribution in [-0.4, -0.2) is 28.4 Å². The van der Waals surface area contributed by atoms with Gasteiger partial charge in [0.2, 0.25) is 0 Å². The maximum atomic E-state index is 5.38. The Kier molecular flexibility index (Phi) is 8.74. The lowest BCUT2D eigenvalue weighted by Gasteiger charge is -2.09. The summed E-state index contributed by atoms with van der Waals surface area (Å²) in [6.07, 6.45) is 0. The van der Waals surface area contributed by atoms with E-state index in [4.69, 9.17) is 18.9 Å². The molecule has 0 unspecified atom stereocenters. The summed E-state index contributed by atoms with van der Waals surface area (Å²) >= 11 is 0. The largest absolute Gasteiger partial charge is 0.497 e. The molecular formula is C34H28O4. The fourth-order valence-corrected chi connectivity index (χ4v) is 3.69. The molecule has 0 bridgehead atoms. The summed E-state index contributed by atoms with van der Waals surface area (Å²) in [5, 5.41) is 0. The van der Waals surface area contributed by atoms with Crippen LogP contribution in [0.25, 0.3) is 11.1 Å². The van der Waals surface area contributed by atoms with Gasteiger partial charge in [-0.15, -0.1) is 0 Å². The van der Waals surface area contributed by atoms with Crippen LogP contribution in [0.5, 0.6) is 23.0 Å². The van der Waals surface area contributed by atoms with Crippen LogP contribution in [0.2, 0.25) is 0 Å². The van der Waals surface area contributed by atoms with E-state index in [0.717, 1.165) is 56.4 Å². The van der Waals surface area contributed by atoms with Crippen LogP contribution in [0, 0.1) is 23.7 Å². The van der Waals surface area contributed by atoms with Crippen molar-refractivity contribution < 1.29 is 18.9 Å². The average molecular weight is 501 g/mol. The first kappa shape index (κ1) is 26.0. The third-order valence-corrected chi connectivity index (χ3v) is 5.85. The Morgan fingerprint density at radius 1 is 0.395 bits per heavy atom. The summed E-state index contributed by atoms with van der Waals surface area (Å²) in [5.74, 6) is 16.5. The second-order valence-electron chi connectivity index (χ2n) is 8.16. The first-order valence-electron chi connectivity index (χ1n) is 12.0. The molecule has 4 aromatic rings. The number of hydrogen-bond donors (Lipinski definition) is 0. The van der Waals surface area contributed by atoms with E-state index in [1.54, 1.807) is 28.4 Å². The molecule has 0 N–H and O–H groups in total. The van der Waals surface area contributed by atoms with E-state index < -0.39 is 0 Å². The molecule has 0 heterocycles. The first-order valence-corrected chi connectivity index (χ1v) is 12.0. The molecule has 4 aromatic carbocycles. The Labute approximate surface area is 224 Å². The van der Waals surface area contributed by atoms with Crippen LogP contribution in [-0.2, 0) is 0 Å². The van der Waals surface area contributed by atoms with Crippen molar-refractivity contribution >= 4 is 11.1 Å². The predicted molar refractivity (Wildman–Crippen MR) is 153 cm³/mol. The zero-order chi connectivity index (χ0) is 26.7. The van der Waals surface area contributed by atoms with E-state index in [0.29, 0.717) is 0 Å². The molecule has 0 atom stereocenters. The number of ether oxygens (including phenoxy) is 4. The summed E-state index contributed by atoms with van der Waals surface area (Å²) < 4.78 is 21.3. The highest BCUT2D eigenvalue weighted by Crippen LogP contribution is 2.29. The zero-order valence-electron chi connectivity index (χ0n) is 21.9. The van der Waals surface area contributed by atoms with E-state index >= 15 is 0 Å². The number of allylic oxidation sites excluding steroid dienone is 2. The Balaban J connectivity index is 1.91. The van der Waals surface area contributed by atoms with Crippen molar-refractivity contribution in [1.29, 1.82) is 0 Å². The number of hydrogen-bond acceptors (Lipinski definition) is 4. The fraction of sp³-hybridized carbons (Fsp3) is 0.118. The maximum absolute atomic E-state index is 5.38. The van der Waals surface area contributed by atoms with Crippen molar-refractivity contribution in [1.82, 2.24) is 0 Å². The van der Waals surface area contributed by atoms with Gasteiger partial charge in [0.15, 0.2) is 0 Å². The van der Waals surface area contributed by atoms with Crippen LogP contribution >= 0.6 is 0 Å². The van der Waals surface area contributed by atoms with Crippen molar-refractivity contribution in [3.8, 4) is 46.7 Å². The Morgan fingerprint density at radius 3 is 0.921 bits per heavy atom. The van der Waals surface area contributed by atoms with Crippen molar-refractivity contribution in [3.63, 3.8) is 0 Å². The molecule has 0 aliphatic carbocycles. The molecule has 0 saturated carbocycles. The van der Waals surface area contributed by atoms with Crippen molar-refractivity contribution in [3.05, 3.63) is 119 Å². The summed E-state index contributed by atoms with van der Waals surface area (Å²) in [4.78, 5) is 0. The molecule has 0 saturated heterocycles. The van der Waals surface area contributed by atoms with Crippen LogP contribution in [0.15, 0.2) is 97.1 Å². The van der Waals surface area contributed by atoms with E-state index in [2.05, 4.69) is 23.7 Å². The summed E-state index contributed by atoms with van der Waals surface area (Å²) in [5.41, 5.74) is 5.20. The molecule has 4 heteroatoms. The normalized spacial score (nSPS) is 10.6. The third kappa shape index (κ3) is 6.58. The predicted octanol–water partition coefficient (Wildman–Crippen LogP) is 6.74. The van der Waals surface area contributed by atoms with E-state index in [9.17, 15) is 0 Å². The van der Waals surface area contributed by atoms with Gasteiger partial charge < -0.3 is 18.9 Å². The highest BCUT2D eigenvalue weighted by atomic mass is 16.5. The molecule has 0 radical (unpaired) electrons. The smallest absolute Gasteiger partial charge is 0.118 e. The first-order chi connectivity index (χ1) is 18.6. The van der Waals surface area contributed by atoms with Gasteiger partial charge in [-0.3, -0.25) is 0 Å². The molecule has 0 spiro atoms. The lowest BCUT2D eigenvalue weighted by atomic mass is 9.94. The third-order valence-electron chi connectivity index (χ3n) is 5.85. The standard InChI is InChI=1S/C34H28O4/c1-35-29-15-5-25(6-16-29)9-23-33(27-11-19-31(37-3)20-12-27)34(28-13-21-32(38-4)22-14-28)24-10-26-7-17-30(36-2)18-8-26/h5-8,11-22H,1-4H3/b34-33+. The second-order valence-corrected chi connectivity index (χ2v) is 8.16. The summed E-state index contributed by atoms with van der Waals surface area (Å²) in [7, 11) is 6.60. The van der Waals surface area contributed by atoms with Crippen LogP contribution in [0.1, 0.15) is 22.3 Å². The van der Waals surface area contributed by atoms with E-state index in [-0.39, 0.29) is 0 Å². The SMILES string of the molecule is COc1ccc(C#C/C(=C(/C#Cc2ccc(OC)cc2)c2ccc(OC)cc2)c2ccc(OC)cc2)cc1. The van der Waals surface area contributed by atoms with Gasteiger partial charge >= 0.3 is 0 Å². The minimum absolute atomic E-state index is 0.770. The van der Waals surface area contributed by atoms with Crippen molar-refractivity contribution in [2.45, 2.75) is 0 Å².